The van der Waals surface area contributed by atoms with E-state index in [9.17, 15) is 18.0 Å². The Morgan fingerprint density at radius 3 is 2.37 bits per heavy atom. The number of rotatable bonds is 2. The van der Waals surface area contributed by atoms with E-state index in [-0.39, 0.29) is 11.8 Å². The van der Waals surface area contributed by atoms with Crippen LogP contribution in [0, 0.1) is 24.7 Å². The zero-order valence-corrected chi connectivity index (χ0v) is 17.1. The third-order valence-corrected chi connectivity index (χ3v) is 6.21. The maximum atomic E-state index is 12.9. The summed E-state index contributed by atoms with van der Waals surface area (Å²) in [5.41, 5.74) is 0. The fourth-order valence-electron chi connectivity index (χ4n) is 3.84. The van der Waals surface area contributed by atoms with Gasteiger partial charge in [-0.25, -0.2) is 4.79 Å². The number of carboxylic acids is 1. The van der Waals surface area contributed by atoms with Crippen LogP contribution >= 0.6 is 11.3 Å². The highest BCUT2D eigenvalue weighted by atomic mass is 32.1. The molecule has 0 spiro atoms. The van der Waals surface area contributed by atoms with Gasteiger partial charge >= 0.3 is 12.1 Å². The van der Waals surface area contributed by atoms with Gasteiger partial charge in [-0.1, -0.05) is 11.3 Å². The van der Waals surface area contributed by atoms with Crippen LogP contribution in [0.15, 0.2) is 0 Å². The van der Waals surface area contributed by atoms with Crippen LogP contribution in [0.25, 0.3) is 0 Å². The molecule has 3 atom stereocenters. The number of fused-ring (bicyclic) bond motifs is 1. The van der Waals surface area contributed by atoms with Crippen molar-refractivity contribution < 1.29 is 37.3 Å². The third kappa shape index (κ3) is 5.38. The summed E-state index contributed by atoms with van der Waals surface area (Å²) in [7, 11) is 0. The summed E-state index contributed by atoms with van der Waals surface area (Å²) in [4.78, 5) is 26.0. The van der Waals surface area contributed by atoms with Gasteiger partial charge in [0.2, 0.25) is 11.0 Å². The van der Waals surface area contributed by atoms with Crippen LogP contribution in [0.3, 0.4) is 0 Å². The fraction of sp³-hybridized carbons (Fsp3) is 0.765. The number of aryl methyl sites for hydroxylation is 1. The molecule has 0 unspecified atom stereocenters. The van der Waals surface area contributed by atoms with Crippen molar-refractivity contribution in [2.75, 3.05) is 57.5 Å². The first-order chi connectivity index (χ1) is 14.2. The van der Waals surface area contributed by atoms with E-state index in [1.165, 1.54) is 0 Å². The lowest BCUT2D eigenvalue weighted by Crippen LogP contribution is -2.49. The molecule has 4 heterocycles. The van der Waals surface area contributed by atoms with Gasteiger partial charge in [0.25, 0.3) is 0 Å². The summed E-state index contributed by atoms with van der Waals surface area (Å²) in [6, 6.07) is 0. The molecule has 1 aromatic rings. The van der Waals surface area contributed by atoms with Crippen molar-refractivity contribution in [1.82, 2.24) is 15.1 Å². The maximum absolute atomic E-state index is 12.9. The van der Waals surface area contributed by atoms with Crippen LogP contribution in [0.5, 0.6) is 0 Å². The molecule has 0 bridgehead atoms. The second kappa shape index (κ2) is 9.43. The fourth-order valence-corrected chi connectivity index (χ4v) is 4.55. The molecular formula is C17H23F3N4O5S. The Morgan fingerprint density at radius 2 is 1.80 bits per heavy atom. The van der Waals surface area contributed by atoms with Crippen LogP contribution in [0.2, 0.25) is 0 Å². The number of carboxylic acid groups (broad SMARTS) is 1. The number of hydrogen-bond donors (Lipinski definition) is 1. The number of aromatic nitrogens is 2. The van der Waals surface area contributed by atoms with Gasteiger partial charge in [-0.15, -0.1) is 10.2 Å². The summed E-state index contributed by atoms with van der Waals surface area (Å²) >= 11 is 1.62. The highest BCUT2D eigenvalue weighted by Crippen LogP contribution is 2.38. The van der Waals surface area contributed by atoms with Crippen LogP contribution in [0.1, 0.15) is 5.01 Å². The number of morpholine rings is 1. The molecule has 1 aromatic heterocycles. The number of carbonyl (C=O) groups is 2. The Balaban J connectivity index is 0.000000318. The van der Waals surface area contributed by atoms with E-state index in [0.717, 1.165) is 29.8 Å². The van der Waals surface area contributed by atoms with Crippen molar-refractivity contribution in [3.8, 4) is 0 Å². The molecular weight excluding hydrogens is 429 g/mol. The lowest BCUT2D eigenvalue weighted by molar-refractivity contribution is -0.192. The van der Waals surface area contributed by atoms with Crippen LogP contribution in [-0.2, 0) is 19.1 Å². The first kappa shape index (κ1) is 22.7. The molecule has 9 nitrogen and oxygen atoms in total. The number of halogens is 3. The quantitative estimate of drug-likeness (QED) is 0.710. The van der Waals surface area contributed by atoms with Gasteiger partial charge in [0.1, 0.15) is 5.01 Å². The molecule has 3 fully saturated rings. The average molecular weight is 452 g/mol. The van der Waals surface area contributed by atoms with E-state index in [0.29, 0.717) is 44.7 Å². The van der Waals surface area contributed by atoms with Gasteiger partial charge in [0, 0.05) is 32.1 Å². The summed E-state index contributed by atoms with van der Waals surface area (Å²) < 4.78 is 42.8. The molecule has 1 N–H and O–H groups in total. The number of ether oxygens (including phenoxy) is 2. The van der Waals surface area contributed by atoms with Crippen LogP contribution in [-0.4, -0.2) is 90.9 Å². The van der Waals surface area contributed by atoms with Crippen molar-refractivity contribution in [1.29, 1.82) is 0 Å². The highest BCUT2D eigenvalue weighted by Gasteiger charge is 2.46. The molecule has 30 heavy (non-hydrogen) atoms. The maximum Gasteiger partial charge on any atom is 0.490 e. The molecule has 0 aliphatic carbocycles. The van der Waals surface area contributed by atoms with E-state index >= 15 is 0 Å². The average Bonchev–Trinajstić information content (AvgIpc) is 3.33. The van der Waals surface area contributed by atoms with E-state index in [1.54, 1.807) is 11.3 Å². The largest absolute Gasteiger partial charge is 0.490 e. The van der Waals surface area contributed by atoms with Gasteiger partial charge in [-0.3, -0.25) is 4.79 Å². The molecule has 0 radical (unpaired) electrons. The Hall–Kier alpha value is -1.99. The normalized spacial score (nSPS) is 26.6. The summed E-state index contributed by atoms with van der Waals surface area (Å²) in [6.07, 6.45) is -5.08. The van der Waals surface area contributed by atoms with Gasteiger partial charge in [0.05, 0.1) is 32.3 Å². The molecule has 0 saturated carbocycles. The Morgan fingerprint density at radius 1 is 1.13 bits per heavy atom. The van der Waals surface area contributed by atoms with Gasteiger partial charge < -0.3 is 24.4 Å². The Labute approximate surface area is 174 Å². The van der Waals surface area contributed by atoms with Crippen molar-refractivity contribution >= 4 is 28.3 Å². The monoisotopic (exact) mass is 452 g/mol. The summed E-state index contributed by atoms with van der Waals surface area (Å²) in [5.74, 6) is -1.80. The lowest BCUT2D eigenvalue weighted by atomic mass is 9.82. The van der Waals surface area contributed by atoms with Gasteiger partial charge in [-0.2, -0.15) is 13.2 Å². The van der Waals surface area contributed by atoms with Crippen LogP contribution < -0.4 is 4.90 Å². The van der Waals surface area contributed by atoms with Gasteiger partial charge in [-0.05, 0) is 12.8 Å². The number of alkyl halides is 3. The number of aliphatic carboxylic acids is 1. The predicted molar refractivity (Wildman–Crippen MR) is 99.2 cm³/mol. The zero-order valence-electron chi connectivity index (χ0n) is 16.3. The van der Waals surface area contributed by atoms with E-state index in [1.807, 2.05) is 11.8 Å². The topological polar surface area (TPSA) is 105 Å². The first-order valence-electron chi connectivity index (χ1n) is 9.46. The highest BCUT2D eigenvalue weighted by molar-refractivity contribution is 7.15. The number of carbonyl (C=O) groups excluding carboxylic acids is 1. The van der Waals surface area contributed by atoms with Crippen LogP contribution in [0.4, 0.5) is 18.3 Å². The molecule has 3 aliphatic heterocycles. The Kier molecular flexibility index (Phi) is 7.14. The predicted octanol–water partition coefficient (Wildman–Crippen LogP) is 1.04. The minimum absolute atomic E-state index is 0.0362. The van der Waals surface area contributed by atoms with E-state index in [4.69, 9.17) is 19.4 Å². The second-order valence-corrected chi connectivity index (χ2v) is 8.48. The summed E-state index contributed by atoms with van der Waals surface area (Å²) in [6.45, 7) is 7.73. The van der Waals surface area contributed by atoms with E-state index < -0.39 is 12.1 Å². The number of amides is 1. The number of anilines is 1. The van der Waals surface area contributed by atoms with Crippen molar-refractivity contribution in [2.45, 2.75) is 13.1 Å². The standard InChI is InChI=1S/C15H22N4O3S.C2HF3O2/c1-10-16-17-15(23-10)19-6-11-8-22-9-13(12(11)7-19)14(20)18-2-4-21-5-3-18;3-2(4,5)1(6)7/h11-13H,2-9H2,1H3;(H,6,7)/t11-,12-,13+;/m1./s1. The first-order valence-corrected chi connectivity index (χ1v) is 10.3. The summed E-state index contributed by atoms with van der Waals surface area (Å²) in [5, 5.41) is 17.4. The number of hydrogen-bond acceptors (Lipinski definition) is 8. The molecule has 4 rings (SSSR count). The molecule has 168 valence electrons. The third-order valence-electron chi connectivity index (χ3n) is 5.31. The second-order valence-electron chi connectivity index (χ2n) is 7.32. The molecule has 1 amide bonds. The molecule has 0 aromatic carbocycles. The minimum Gasteiger partial charge on any atom is -0.475 e. The van der Waals surface area contributed by atoms with Gasteiger partial charge in [0.15, 0.2) is 0 Å². The smallest absolute Gasteiger partial charge is 0.475 e. The Bertz CT molecular complexity index is 756. The minimum atomic E-state index is -5.08. The SMILES string of the molecule is Cc1nnc(N2C[C@@H]3COC[C@H](C(=O)N4CCOCC4)[C@@H]3C2)s1.O=C(O)C(F)(F)F. The van der Waals surface area contributed by atoms with Crippen molar-refractivity contribution in [2.24, 2.45) is 17.8 Å². The number of nitrogens with zero attached hydrogens (tertiary/aromatic N) is 4. The molecule has 3 aliphatic rings. The zero-order chi connectivity index (χ0) is 21.9. The molecule has 3 saturated heterocycles. The van der Waals surface area contributed by atoms with E-state index in [2.05, 4.69) is 15.1 Å². The van der Waals surface area contributed by atoms with Crippen molar-refractivity contribution in [3.05, 3.63) is 5.01 Å². The van der Waals surface area contributed by atoms with Crippen molar-refractivity contribution in [3.63, 3.8) is 0 Å². The lowest BCUT2D eigenvalue weighted by Gasteiger charge is -2.36. The molecule has 13 heteroatoms.